The van der Waals surface area contributed by atoms with Gasteiger partial charge in [0, 0.05) is 12.1 Å². The Balaban J connectivity index is 2.61. The second-order valence-corrected chi connectivity index (χ2v) is 8.99. The van der Waals surface area contributed by atoms with E-state index in [4.69, 9.17) is 0 Å². The van der Waals surface area contributed by atoms with Crippen LogP contribution in [-0.2, 0) is 0 Å². The van der Waals surface area contributed by atoms with Gasteiger partial charge >= 0.3 is 0 Å². The first-order valence-corrected chi connectivity index (χ1v) is 8.33. The van der Waals surface area contributed by atoms with E-state index < -0.39 is 0 Å². The van der Waals surface area contributed by atoms with Crippen LogP contribution in [0.1, 0.15) is 87.0 Å². The van der Waals surface area contributed by atoms with E-state index >= 15 is 0 Å². The fraction of sp³-hybridized carbons (Fsp3) is 1.00. The van der Waals surface area contributed by atoms with E-state index in [0.717, 1.165) is 5.92 Å². The number of nitrogens with one attached hydrogen (secondary N) is 1. The zero-order chi connectivity index (χ0) is 14.7. The molecule has 1 fully saturated rings. The Kier molecular flexibility index (Phi) is 5.52. The lowest BCUT2D eigenvalue weighted by atomic mass is 9.62. The molecule has 19 heavy (non-hydrogen) atoms. The van der Waals surface area contributed by atoms with Gasteiger partial charge in [-0.3, -0.25) is 0 Å². The monoisotopic (exact) mass is 267 g/mol. The molecule has 0 aromatic rings. The van der Waals surface area contributed by atoms with Gasteiger partial charge in [-0.15, -0.1) is 0 Å². The summed E-state index contributed by atoms with van der Waals surface area (Å²) in [5.74, 6) is 0.923. The Morgan fingerprint density at radius 2 is 1.53 bits per heavy atom. The molecule has 0 aliphatic heterocycles. The normalized spacial score (nSPS) is 29.5. The van der Waals surface area contributed by atoms with Crippen LogP contribution in [0.25, 0.3) is 0 Å². The van der Waals surface area contributed by atoms with Gasteiger partial charge in [-0.05, 0) is 69.6 Å². The third-order valence-corrected chi connectivity index (χ3v) is 5.05. The van der Waals surface area contributed by atoms with Crippen LogP contribution >= 0.6 is 0 Å². The third-order valence-electron chi connectivity index (χ3n) is 5.05. The maximum Gasteiger partial charge on any atom is 0.00967 e. The van der Waals surface area contributed by atoms with Crippen molar-refractivity contribution in [2.45, 2.75) is 92.5 Å². The second kappa shape index (κ2) is 6.16. The Labute approximate surface area is 121 Å². The van der Waals surface area contributed by atoms with Gasteiger partial charge in [0.2, 0.25) is 0 Å². The smallest absolute Gasteiger partial charge is 0.00967 e. The molecular weight excluding hydrogens is 230 g/mol. The minimum absolute atomic E-state index is 0.252. The summed E-state index contributed by atoms with van der Waals surface area (Å²) in [5.41, 5.74) is 1.32. The number of hydrogen-bond acceptors (Lipinski definition) is 1. The van der Waals surface area contributed by atoms with Crippen molar-refractivity contribution >= 4 is 0 Å². The fourth-order valence-electron chi connectivity index (χ4n) is 3.59. The summed E-state index contributed by atoms with van der Waals surface area (Å²) in [5, 5.41) is 3.77. The van der Waals surface area contributed by atoms with Gasteiger partial charge in [0.1, 0.15) is 0 Å². The van der Waals surface area contributed by atoms with Crippen molar-refractivity contribution in [1.82, 2.24) is 5.32 Å². The van der Waals surface area contributed by atoms with E-state index in [0.29, 0.717) is 10.8 Å². The molecule has 0 bridgehead atoms. The minimum atomic E-state index is 0.252. The summed E-state index contributed by atoms with van der Waals surface area (Å²) in [4.78, 5) is 0. The molecule has 0 aromatic heterocycles. The van der Waals surface area contributed by atoms with E-state index in [-0.39, 0.29) is 5.54 Å². The van der Waals surface area contributed by atoms with E-state index in [1.807, 2.05) is 0 Å². The first-order valence-electron chi connectivity index (χ1n) is 8.33. The van der Waals surface area contributed by atoms with Gasteiger partial charge < -0.3 is 5.32 Å². The van der Waals surface area contributed by atoms with Crippen molar-refractivity contribution in [3.63, 3.8) is 0 Å². The highest BCUT2D eigenvalue weighted by atomic mass is 15.0. The Hall–Kier alpha value is -0.0400. The lowest BCUT2D eigenvalue weighted by Gasteiger charge is -2.45. The molecule has 0 spiro atoms. The lowest BCUT2D eigenvalue weighted by molar-refractivity contribution is 0.0739. The zero-order valence-corrected chi connectivity index (χ0v) is 14.5. The van der Waals surface area contributed by atoms with Crippen LogP contribution in [0.4, 0.5) is 0 Å². The van der Waals surface area contributed by atoms with Crippen LogP contribution in [0.5, 0.6) is 0 Å². The molecule has 1 saturated carbocycles. The highest BCUT2D eigenvalue weighted by molar-refractivity contribution is 4.91. The summed E-state index contributed by atoms with van der Waals surface area (Å²) >= 11 is 0. The average molecular weight is 268 g/mol. The van der Waals surface area contributed by atoms with Crippen molar-refractivity contribution in [2.24, 2.45) is 16.7 Å². The third kappa shape index (κ3) is 5.45. The minimum Gasteiger partial charge on any atom is -0.312 e. The molecule has 0 unspecified atom stereocenters. The summed E-state index contributed by atoms with van der Waals surface area (Å²) in [7, 11) is 0. The second-order valence-electron chi connectivity index (χ2n) is 8.99. The summed E-state index contributed by atoms with van der Waals surface area (Å²) in [6, 6.07) is 0. The van der Waals surface area contributed by atoms with Gasteiger partial charge in [-0.1, -0.05) is 34.1 Å². The van der Waals surface area contributed by atoms with Crippen LogP contribution in [0, 0.1) is 16.7 Å². The van der Waals surface area contributed by atoms with E-state index in [9.17, 15) is 0 Å². The molecule has 1 rings (SSSR count). The van der Waals surface area contributed by atoms with Gasteiger partial charge in [0.25, 0.3) is 0 Å². The molecule has 1 N–H and O–H groups in total. The largest absolute Gasteiger partial charge is 0.312 e. The van der Waals surface area contributed by atoms with Gasteiger partial charge in [-0.2, -0.15) is 0 Å². The Morgan fingerprint density at radius 1 is 1.00 bits per heavy atom. The molecular formula is C18H37N. The maximum absolute atomic E-state index is 3.77. The van der Waals surface area contributed by atoms with Crippen LogP contribution < -0.4 is 5.32 Å². The highest BCUT2D eigenvalue weighted by Gasteiger charge is 2.38. The topological polar surface area (TPSA) is 12.0 Å². The zero-order valence-electron chi connectivity index (χ0n) is 14.5. The lowest BCUT2D eigenvalue weighted by Crippen LogP contribution is -2.46. The van der Waals surface area contributed by atoms with Crippen LogP contribution in [0.15, 0.2) is 0 Å². The van der Waals surface area contributed by atoms with Crippen molar-refractivity contribution in [3.05, 3.63) is 0 Å². The molecule has 0 heterocycles. The molecule has 0 aromatic carbocycles. The molecule has 114 valence electrons. The number of hydrogen-bond donors (Lipinski definition) is 1. The standard InChI is InChI=1S/C18H37N/c1-8-11-18(14-19-17(5,6)7)12-9-15(10-13-18)16(2,3)4/h15,19H,8-14H2,1-7H3. The van der Waals surface area contributed by atoms with E-state index in [1.165, 1.54) is 45.1 Å². The van der Waals surface area contributed by atoms with Crippen LogP contribution in [-0.4, -0.2) is 12.1 Å². The quantitative estimate of drug-likeness (QED) is 0.719. The number of rotatable bonds is 4. The van der Waals surface area contributed by atoms with E-state index in [2.05, 4.69) is 53.8 Å². The average Bonchev–Trinajstić information content (AvgIpc) is 2.26. The first kappa shape index (κ1) is 17.0. The van der Waals surface area contributed by atoms with E-state index in [1.54, 1.807) is 0 Å². The first-order chi connectivity index (χ1) is 8.58. The predicted molar refractivity (Wildman–Crippen MR) is 86.5 cm³/mol. The molecule has 1 heteroatoms. The van der Waals surface area contributed by atoms with Crippen molar-refractivity contribution in [1.29, 1.82) is 0 Å². The van der Waals surface area contributed by atoms with Crippen molar-refractivity contribution < 1.29 is 0 Å². The molecule has 0 atom stereocenters. The van der Waals surface area contributed by atoms with Gasteiger partial charge in [-0.25, -0.2) is 0 Å². The van der Waals surface area contributed by atoms with Gasteiger partial charge in [0.05, 0.1) is 0 Å². The predicted octanol–water partition coefficient (Wildman–Crippen LogP) is 5.40. The summed E-state index contributed by atoms with van der Waals surface area (Å²) in [6.07, 6.45) is 8.42. The van der Waals surface area contributed by atoms with Crippen molar-refractivity contribution in [2.75, 3.05) is 6.54 Å². The Bertz CT molecular complexity index is 258. The maximum atomic E-state index is 3.77. The molecule has 0 amide bonds. The van der Waals surface area contributed by atoms with Crippen molar-refractivity contribution in [3.8, 4) is 0 Å². The Morgan fingerprint density at radius 3 is 1.89 bits per heavy atom. The highest BCUT2D eigenvalue weighted by Crippen LogP contribution is 2.47. The molecule has 0 saturated heterocycles. The summed E-state index contributed by atoms with van der Waals surface area (Å²) < 4.78 is 0. The molecule has 1 nitrogen and oxygen atoms in total. The van der Waals surface area contributed by atoms with Gasteiger partial charge in [0.15, 0.2) is 0 Å². The summed E-state index contributed by atoms with van der Waals surface area (Å²) in [6.45, 7) is 17.7. The fourth-order valence-corrected chi connectivity index (χ4v) is 3.59. The van der Waals surface area contributed by atoms with Crippen LogP contribution in [0.2, 0.25) is 0 Å². The molecule has 0 radical (unpaired) electrons. The SMILES string of the molecule is CCCC1(CNC(C)(C)C)CCC(C(C)(C)C)CC1. The van der Waals surface area contributed by atoms with Crippen LogP contribution in [0.3, 0.4) is 0 Å². The molecule has 1 aliphatic rings. The molecule has 1 aliphatic carbocycles.